The second-order valence-electron chi connectivity index (χ2n) is 6.16. The number of ether oxygens (including phenoxy) is 1. The molecule has 2 aromatic rings. The van der Waals surface area contributed by atoms with E-state index in [0.717, 1.165) is 17.7 Å². The summed E-state index contributed by atoms with van der Waals surface area (Å²) in [6, 6.07) is 13.5. The highest BCUT2D eigenvalue weighted by Crippen LogP contribution is 2.25. The average Bonchev–Trinajstić information content (AvgIpc) is 3.06. The number of nitrogens with zero attached hydrogens (tertiary/aromatic N) is 1. The van der Waals surface area contributed by atoms with Crippen LogP contribution in [0, 0.1) is 5.82 Å². The smallest absolute Gasteiger partial charge is 0.257 e. The molecule has 2 aromatic carbocycles. The van der Waals surface area contributed by atoms with Gasteiger partial charge in [-0.1, -0.05) is 18.2 Å². The lowest BCUT2D eigenvalue weighted by Crippen LogP contribution is -2.30. The first-order valence-corrected chi connectivity index (χ1v) is 8.66. The van der Waals surface area contributed by atoms with Crippen molar-refractivity contribution in [2.75, 3.05) is 24.6 Å². The van der Waals surface area contributed by atoms with Gasteiger partial charge < -0.3 is 15.0 Å². The van der Waals surface area contributed by atoms with Gasteiger partial charge in [0.15, 0.2) is 6.61 Å². The Hall–Kier alpha value is -2.89. The van der Waals surface area contributed by atoms with Crippen molar-refractivity contribution in [2.24, 2.45) is 0 Å². The summed E-state index contributed by atoms with van der Waals surface area (Å²) < 4.78 is 18.6. The zero-order valence-electron chi connectivity index (χ0n) is 14.4. The van der Waals surface area contributed by atoms with Gasteiger partial charge in [-0.3, -0.25) is 9.59 Å². The summed E-state index contributed by atoms with van der Waals surface area (Å²) in [5.41, 5.74) is 1.62. The van der Waals surface area contributed by atoms with Crippen LogP contribution in [0.5, 0.6) is 5.75 Å². The maximum atomic E-state index is 13.1. The van der Waals surface area contributed by atoms with Crippen LogP contribution in [0.2, 0.25) is 0 Å². The fourth-order valence-electron chi connectivity index (χ4n) is 2.90. The number of anilines is 1. The molecular weight excluding hydrogens is 335 g/mol. The number of hydrogen-bond acceptors (Lipinski definition) is 3. The lowest BCUT2D eigenvalue weighted by Gasteiger charge is -2.16. The highest BCUT2D eigenvalue weighted by Gasteiger charge is 2.21. The van der Waals surface area contributed by atoms with E-state index in [1.165, 1.54) is 12.1 Å². The number of nitrogens with one attached hydrogen (secondary N) is 1. The van der Waals surface area contributed by atoms with Gasteiger partial charge in [0, 0.05) is 31.3 Å². The highest BCUT2D eigenvalue weighted by atomic mass is 19.1. The summed E-state index contributed by atoms with van der Waals surface area (Å²) >= 11 is 0. The fourth-order valence-corrected chi connectivity index (χ4v) is 2.90. The van der Waals surface area contributed by atoms with Gasteiger partial charge in [-0.05, 0) is 42.7 Å². The second kappa shape index (κ2) is 8.47. The standard InChI is InChI=1S/C20H21FN2O3/c21-16-5-1-4-15(12-16)9-10-22-19(24)14-26-18-7-2-6-17(13-18)23-11-3-8-20(23)25/h1-2,4-7,12-13H,3,8-11,14H2,(H,22,24). The maximum Gasteiger partial charge on any atom is 0.257 e. The number of rotatable bonds is 7. The normalized spacial score (nSPS) is 13.7. The first-order valence-electron chi connectivity index (χ1n) is 8.66. The number of carbonyl (C=O) groups is 2. The summed E-state index contributed by atoms with van der Waals surface area (Å²) in [6.45, 7) is 1.01. The minimum Gasteiger partial charge on any atom is -0.484 e. The maximum absolute atomic E-state index is 13.1. The molecule has 136 valence electrons. The van der Waals surface area contributed by atoms with E-state index in [0.29, 0.717) is 31.7 Å². The largest absolute Gasteiger partial charge is 0.484 e. The molecule has 0 radical (unpaired) electrons. The summed E-state index contributed by atoms with van der Waals surface area (Å²) in [5, 5.41) is 2.75. The van der Waals surface area contributed by atoms with E-state index in [2.05, 4.69) is 5.32 Å². The van der Waals surface area contributed by atoms with Crippen LogP contribution in [-0.2, 0) is 16.0 Å². The van der Waals surface area contributed by atoms with Gasteiger partial charge in [0.2, 0.25) is 5.91 Å². The fraction of sp³-hybridized carbons (Fsp3) is 0.300. The minimum atomic E-state index is -0.284. The zero-order valence-corrected chi connectivity index (χ0v) is 14.4. The van der Waals surface area contributed by atoms with Crippen LogP contribution < -0.4 is 15.0 Å². The van der Waals surface area contributed by atoms with Gasteiger partial charge in [-0.15, -0.1) is 0 Å². The lowest BCUT2D eigenvalue weighted by molar-refractivity contribution is -0.123. The Bertz CT molecular complexity index is 794. The summed E-state index contributed by atoms with van der Waals surface area (Å²) in [6.07, 6.45) is 1.98. The van der Waals surface area contributed by atoms with Gasteiger partial charge >= 0.3 is 0 Å². The molecule has 1 aliphatic rings. The Balaban J connectivity index is 1.45. The third-order valence-electron chi connectivity index (χ3n) is 4.20. The Morgan fingerprint density at radius 1 is 1.19 bits per heavy atom. The molecule has 1 saturated heterocycles. The van der Waals surface area contributed by atoms with Crippen LogP contribution in [0.15, 0.2) is 48.5 Å². The minimum absolute atomic E-state index is 0.109. The molecule has 0 spiro atoms. The number of benzene rings is 2. The molecule has 1 aliphatic heterocycles. The van der Waals surface area contributed by atoms with Crippen molar-refractivity contribution in [3.63, 3.8) is 0 Å². The van der Waals surface area contributed by atoms with Crippen molar-refractivity contribution >= 4 is 17.5 Å². The molecule has 26 heavy (non-hydrogen) atoms. The Morgan fingerprint density at radius 3 is 2.81 bits per heavy atom. The first-order chi connectivity index (χ1) is 12.6. The van der Waals surface area contributed by atoms with E-state index in [1.54, 1.807) is 29.2 Å². The molecule has 1 N–H and O–H groups in total. The Labute approximate surface area is 151 Å². The summed E-state index contributed by atoms with van der Waals surface area (Å²) in [7, 11) is 0. The Morgan fingerprint density at radius 2 is 2.04 bits per heavy atom. The number of halogens is 1. The van der Waals surface area contributed by atoms with Crippen molar-refractivity contribution in [3.05, 3.63) is 59.9 Å². The lowest BCUT2D eigenvalue weighted by atomic mass is 10.1. The highest BCUT2D eigenvalue weighted by molar-refractivity contribution is 5.95. The van der Waals surface area contributed by atoms with Crippen molar-refractivity contribution in [3.8, 4) is 5.75 Å². The van der Waals surface area contributed by atoms with Crippen molar-refractivity contribution in [2.45, 2.75) is 19.3 Å². The quantitative estimate of drug-likeness (QED) is 0.830. The van der Waals surface area contributed by atoms with Crippen LogP contribution in [0.4, 0.5) is 10.1 Å². The summed E-state index contributed by atoms with van der Waals surface area (Å²) in [5.74, 6) is 0.123. The van der Waals surface area contributed by atoms with Crippen molar-refractivity contribution in [1.29, 1.82) is 0 Å². The number of amides is 2. The SMILES string of the molecule is O=C(COc1cccc(N2CCCC2=O)c1)NCCc1cccc(F)c1. The van der Waals surface area contributed by atoms with Gasteiger partial charge in [0.25, 0.3) is 5.91 Å². The van der Waals surface area contributed by atoms with Crippen LogP contribution in [0.3, 0.4) is 0 Å². The van der Waals surface area contributed by atoms with E-state index in [1.807, 2.05) is 12.1 Å². The van der Waals surface area contributed by atoms with Gasteiger partial charge in [-0.2, -0.15) is 0 Å². The van der Waals surface area contributed by atoms with Gasteiger partial charge in [-0.25, -0.2) is 4.39 Å². The molecule has 0 aromatic heterocycles. The topological polar surface area (TPSA) is 58.6 Å². The molecule has 2 amide bonds. The molecular formula is C20H21FN2O3. The van der Waals surface area contributed by atoms with Crippen LogP contribution in [-0.4, -0.2) is 31.5 Å². The molecule has 0 aliphatic carbocycles. The molecule has 1 fully saturated rings. The third-order valence-corrected chi connectivity index (χ3v) is 4.20. The van der Waals surface area contributed by atoms with Gasteiger partial charge in [0.1, 0.15) is 11.6 Å². The van der Waals surface area contributed by atoms with E-state index in [-0.39, 0.29) is 24.2 Å². The molecule has 1 heterocycles. The molecule has 0 bridgehead atoms. The molecule has 5 nitrogen and oxygen atoms in total. The first kappa shape index (κ1) is 17.9. The van der Waals surface area contributed by atoms with Crippen LogP contribution in [0.25, 0.3) is 0 Å². The van der Waals surface area contributed by atoms with Crippen molar-refractivity contribution < 1.29 is 18.7 Å². The predicted octanol–water partition coefficient (Wildman–Crippen LogP) is 2.69. The number of hydrogen-bond donors (Lipinski definition) is 1. The van der Waals surface area contributed by atoms with Crippen molar-refractivity contribution in [1.82, 2.24) is 5.32 Å². The van der Waals surface area contributed by atoms with Crippen LogP contribution >= 0.6 is 0 Å². The molecule has 3 rings (SSSR count). The molecule has 6 heteroatoms. The second-order valence-corrected chi connectivity index (χ2v) is 6.16. The zero-order chi connectivity index (χ0) is 18.4. The van der Waals surface area contributed by atoms with E-state index in [4.69, 9.17) is 4.74 Å². The monoisotopic (exact) mass is 356 g/mol. The van der Waals surface area contributed by atoms with Gasteiger partial charge in [0.05, 0.1) is 0 Å². The van der Waals surface area contributed by atoms with E-state index >= 15 is 0 Å². The van der Waals surface area contributed by atoms with E-state index < -0.39 is 0 Å². The van der Waals surface area contributed by atoms with E-state index in [9.17, 15) is 14.0 Å². The van der Waals surface area contributed by atoms with Crippen LogP contribution in [0.1, 0.15) is 18.4 Å². The number of carbonyl (C=O) groups excluding carboxylic acids is 2. The Kier molecular flexibility index (Phi) is 5.84. The predicted molar refractivity (Wildman–Crippen MR) is 96.6 cm³/mol. The average molecular weight is 356 g/mol. The molecule has 0 atom stereocenters. The molecule has 0 unspecified atom stereocenters. The third kappa shape index (κ3) is 4.81. The molecule has 0 saturated carbocycles. The summed E-state index contributed by atoms with van der Waals surface area (Å²) in [4.78, 5) is 25.4.